The predicted molar refractivity (Wildman–Crippen MR) is 93.6 cm³/mol. The maximum atomic E-state index is 12.0. The van der Waals surface area contributed by atoms with Gasteiger partial charge in [0.1, 0.15) is 0 Å². The van der Waals surface area contributed by atoms with Crippen molar-refractivity contribution in [1.29, 1.82) is 0 Å². The topological polar surface area (TPSA) is 72.5 Å². The zero-order valence-corrected chi connectivity index (χ0v) is 14.4. The number of hydrogen-bond donors (Lipinski definition) is 1. The molecule has 6 heteroatoms. The van der Waals surface area contributed by atoms with Crippen molar-refractivity contribution >= 4 is 34.7 Å². The van der Waals surface area contributed by atoms with Crippen LogP contribution in [0.25, 0.3) is 0 Å². The number of nitrogens with one attached hydrogen (secondary N) is 1. The molecule has 1 aromatic heterocycles. The van der Waals surface area contributed by atoms with Crippen LogP contribution in [0.4, 0.5) is 5.69 Å². The summed E-state index contributed by atoms with van der Waals surface area (Å²) in [6.07, 6.45) is 0.294. The monoisotopic (exact) mass is 345 g/mol. The third-order valence-corrected chi connectivity index (χ3v) is 4.32. The van der Waals surface area contributed by atoms with E-state index in [0.717, 1.165) is 4.88 Å². The van der Waals surface area contributed by atoms with Crippen LogP contribution in [0.2, 0.25) is 0 Å². The number of carbonyl (C=O) groups is 3. The molecule has 1 heterocycles. The first-order valence-electron chi connectivity index (χ1n) is 7.66. The number of Topliss-reactive ketones (excluding diaryl/α,β-unsaturated/α-hetero) is 1. The summed E-state index contributed by atoms with van der Waals surface area (Å²) in [6, 6.07) is 10.1. The molecule has 0 aliphatic heterocycles. The Balaban J connectivity index is 1.84. The molecule has 0 unspecified atom stereocenters. The van der Waals surface area contributed by atoms with E-state index in [4.69, 9.17) is 4.74 Å². The second kappa shape index (κ2) is 8.40. The highest BCUT2D eigenvalue weighted by Gasteiger charge is 2.12. The summed E-state index contributed by atoms with van der Waals surface area (Å²) in [5.41, 5.74) is 1.01. The molecule has 0 bridgehead atoms. The molecule has 1 amide bonds. The minimum atomic E-state index is -0.396. The fourth-order valence-corrected chi connectivity index (χ4v) is 2.90. The summed E-state index contributed by atoms with van der Waals surface area (Å²) in [5.74, 6) is -0.659. The SMILES string of the molecule is CCOC(=O)c1ccc(NC(=O)CCC(=O)c2ccc(C)s2)cc1. The van der Waals surface area contributed by atoms with Crippen molar-refractivity contribution in [2.75, 3.05) is 11.9 Å². The molecule has 0 aliphatic rings. The second-order valence-corrected chi connectivity index (χ2v) is 6.47. The van der Waals surface area contributed by atoms with Gasteiger partial charge in [-0.1, -0.05) is 0 Å². The third kappa shape index (κ3) is 5.03. The molecule has 0 atom stereocenters. The molecule has 0 radical (unpaired) electrons. The van der Waals surface area contributed by atoms with Crippen molar-refractivity contribution in [1.82, 2.24) is 0 Å². The Morgan fingerprint density at radius 3 is 2.33 bits per heavy atom. The number of amides is 1. The van der Waals surface area contributed by atoms with Gasteiger partial charge in [-0.05, 0) is 50.2 Å². The molecule has 0 saturated heterocycles. The van der Waals surface area contributed by atoms with Crippen LogP contribution in [0.1, 0.15) is 44.7 Å². The number of ketones is 1. The average molecular weight is 345 g/mol. The lowest BCUT2D eigenvalue weighted by Gasteiger charge is -2.06. The molecule has 2 aromatic rings. The summed E-state index contributed by atoms with van der Waals surface area (Å²) >= 11 is 1.43. The number of anilines is 1. The fourth-order valence-electron chi connectivity index (χ4n) is 2.06. The number of thiophene rings is 1. The lowest BCUT2D eigenvalue weighted by Crippen LogP contribution is -2.13. The molecule has 5 nitrogen and oxygen atoms in total. The van der Waals surface area contributed by atoms with Gasteiger partial charge < -0.3 is 10.1 Å². The van der Waals surface area contributed by atoms with Gasteiger partial charge in [0.15, 0.2) is 5.78 Å². The minimum absolute atomic E-state index is 0.0269. The lowest BCUT2D eigenvalue weighted by molar-refractivity contribution is -0.116. The minimum Gasteiger partial charge on any atom is -0.462 e. The number of esters is 1. The van der Waals surface area contributed by atoms with E-state index in [0.29, 0.717) is 22.7 Å². The molecule has 0 saturated carbocycles. The summed E-state index contributed by atoms with van der Waals surface area (Å²) in [6.45, 7) is 3.99. The summed E-state index contributed by atoms with van der Waals surface area (Å²) in [5, 5.41) is 2.71. The Morgan fingerprint density at radius 1 is 1.04 bits per heavy atom. The van der Waals surface area contributed by atoms with Crippen LogP contribution in [0, 0.1) is 6.92 Å². The molecule has 126 valence electrons. The first-order valence-corrected chi connectivity index (χ1v) is 8.48. The standard InChI is InChI=1S/C18H19NO4S/c1-3-23-18(22)13-5-7-14(8-6-13)19-17(21)11-9-15(20)16-10-4-12(2)24-16/h4-8,10H,3,9,11H2,1-2H3,(H,19,21). The summed E-state index contributed by atoms with van der Waals surface area (Å²) < 4.78 is 4.89. The van der Waals surface area contributed by atoms with Gasteiger partial charge in [-0.2, -0.15) is 0 Å². The van der Waals surface area contributed by atoms with Crippen LogP contribution in [0.5, 0.6) is 0 Å². The smallest absolute Gasteiger partial charge is 0.338 e. The maximum Gasteiger partial charge on any atom is 0.338 e. The number of benzene rings is 1. The lowest BCUT2D eigenvalue weighted by atomic mass is 10.1. The van der Waals surface area contributed by atoms with Crippen LogP contribution in [-0.4, -0.2) is 24.3 Å². The zero-order valence-electron chi connectivity index (χ0n) is 13.6. The number of ether oxygens (including phenoxy) is 1. The van der Waals surface area contributed by atoms with Crippen molar-refractivity contribution in [3.05, 3.63) is 51.7 Å². The van der Waals surface area contributed by atoms with Crippen molar-refractivity contribution in [3.63, 3.8) is 0 Å². The van der Waals surface area contributed by atoms with E-state index in [-0.39, 0.29) is 24.5 Å². The van der Waals surface area contributed by atoms with Crippen molar-refractivity contribution in [3.8, 4) is 0 Å². The van der Waals surface area contributed by atoms with Crippen LogP contribution in [0.15, 0.2) is 36.4 Å². The van der Waals surface area contributed by atoms with Crippen LogP contribution in [-0.2, 0) is 9.53 Å². The molecule has 1 N–H and O–H groups in total. The van der Waals surface area contributed by atoms with Crippen molar-refractivity contribution < 1.29 is 19.1 Å². The highest BCUT2D eigenvalue weighted by molar-refractivity contribution is 7.14. The van der Waals surface area contributed by atoms with Gasteiger partial charge >= 0.3 is 5.97 Å². The molecule has 24 heavy (non-hydrogen) atoms. The fraction of sp³-hybridized carbons (Fsp3) is 0.278. The van der Waals surface area contributed by atoms with E-state index in [1.807, 2.05) is 13.0 Å². The first-order chi connectivity index (χ1) is 11.5. The Kier molecular flexibility index (Phi) is 6.26. The van der Waals surface area contributed by atoms with Gasteiger partial charge in [-0.3, -0.25) is 9.59 Å². The van der Waals surface area contributed by atoms with Crippen molar-refractivity contribution in [2.45, 2.75) is 26.7 Å². The largest absolute Gasteiger partial charge is 0.462 e. The quantitative estimate of drug-likeness (QED) is 0.611. The molecule has 2 rings (SSSR count). The van der Waals surface area contributed by atoms with E-state index in [1.165, 1.54) is 11.3 Å². The number of carbonyl (C=O) groups excluding carboxylic acids is 3. The highest BCUT2D eigenvalue weighted by Crippen LogP contribution is 2.18. The second-order valence-electron chi connectivity index (χ2n) is 5.18. The maximum absolute atomic E-state index is 12.0. The van der Waals surface area contributed by atoms with Gasteiger partial charge in [0, 0.05) is 23.4 Å². The van der Waals surface area contributed by atoms with Gasteiger partial charge in [-0.15, -0.1) is 11.3 Å². The Labute approximate surface area is 144 Å². The van der Waals surface area contributed by atoms with E-state index in [1.54, 1.807) is 37.3 Å². The first kappa shape index (κ1) is 17.9. The Bertz CT molecular complexity index is 734. The molecule has 0 aliphatic carbocycles. The summed E-state index contributed by atoms with van der Waals surface area (Å²) in [7, 11) is 0. The van der Waals surface area contributed by atoms with Crippen LogP contribution >= 0.6 is 11.3 Å². The molecule has 1 aromatic carbocycles. The highest BCUT2D eigenvalue weighted by atomic mass is 32.1. The molecule has 0 spiro atoms. The summed E-state index contributed by atoms with van der Waals surface area (Å²) in [4.78, 5) is 37.2. The number of hydrogen-bond acceptors (Lipinski definition) is 5. The molecule has 0 fully saturated rings. The van der Waals surface area contributed by atoms with E-state index in [9.17, 15) is 14.4 Å². The number of rotatable bonds is 7. The zero-order chi connectivity index (χ0) is 17.5. The molecular formula is C18H19NO4S. The predicted octanol–water partition coefficient (Wildman–Crippen LogP) is 3.83. The third-order valence-electron chi connectivity index (χ3n) is 3.27. The van der Waals surface area contributed by atoms with Gasteiger partial charge in [-0.25, -0.2) is 4.79 Å². The molecular weight excluding hydrogens is 326 g/mol. The van der Waals surface area contributed by atoms with Gasteiger partial charge in [0.25, 0.3) is 0 Å². The average Bonchev–Trinajstić information content (AvgIpc) is 3.00. The Hall–Kier alpha value is -2.47. The van der Waals surface area contributed by atoms with E-state index < -0.39 is 5.97 Å². The Morgan fingerprint density at radius 2 is 1.75 bits per heavy atom. The van der Waals surface area contributed by atoms with E-state index >= 15 is 0 Å². The van der Waals surface area contributed by atoms with Crippen molar-refractivity contribution in [2.24, 2.45) is 0 Å². The van der Waals surface area contributed by atoms with E-state index in [2.05, 4.69) is 5.32 Å². The van der Waals surface area contributed by atoms with Crippen LogP contribution in [0.3, 0.4) is 0 Å². The van der Waals surface area contributed by atoms with Gasteiger partial charge in [0.05, 0.1) is 17.0 Å². The van der Waals surface area contributed by atoms with Crippen LogP contribution < -0.4 is 5.32 Å². The normalized spacial score (nSPS) is 10.2. The number of aryl methyl sites for hydroxylation is 1. The van der Waals surface area contributed by atoms with Gasteiger partial charge in [0.2, 0.25) is 5.91 Å².